The predicted molar refractivity (Wildman–Crippen MR) is 103 cm³/mol. The highest BCUT2D eigenvalue weighted by molar-refractivity contribution is 6.34. The Bertz CT molecular complexity index is 1030. The molecular weight excluding hydrogens is 334 g/mol. The van der Waals surface area contributed by atoms with Crippen molar-refractivity contribution in [2.75, 3.05) is 12.4 Å². The fraction of sp³-hybridized carbons (Fsp3) is 0.0500. The quantitative estimate of drug-likeness (QED) is 0.501. The van der Waals surface area contributed by atoms with Crippen LogP contribution in [0.15, 0.2) is 66.7 Å². The van der Waals surface area contributed by atoms with Gasteiger partial charge in [0.25, 0.3) is 0 Å². The third kappa shape index (κ3) is 2.92. The largest absolute Gasteiger partial charge is 0.495 e. The van der Waals surface area contributed by atoms with Crippen LogP contribution in [0.25, 0.3) is 22.0 Å². The molecule has 25 heavy (non-hydrogen) atoms. The smallest absolute Gasteiger partial charge is 0.160 e. The highest BCUT2D eigenvalue weighted by atomic mass is 35.5. The molecule has 3 aromatic carbocycles. The number of aromatic nitrogens is 2. The zero-order chi connectivity index (χ0) is 17.2. The highest BCUT2D eigenvalue weighted by Gasteiger charge is 2.12. The Morgan fingerprint density at radius 2 is 1.76 bits per heavy atom. The number of anilines is 2. The van der Waals surface area contributed by atoms with Crippen molar-refractivity contribution in [3.05, 3.63) is 71.8 Å². The monoisotopic (exact) mass is 349 g/mol. The van der Waals surface area contributed by atoms with Gasteiger partial charge in [-0.25, -0.2) is 0 Å². The molecule has 5 heteroatoms. The maximum atomic E-state index is 6.47. The molecule has 1 aromatic heterocycles. The first-order valence-corrected chi connectivity index (χ1v) is 8.27. The van der Waals surface area contributed by atoms with Gasteiger partial charge in [0.1, 0.15) is 5.75 Å². The van der Waals surface area contributed by atoms with Gasteiger partial charge in [0.05, 0.1) is 23.3 Å². The molecule has 0 aliphatic rings. The number of hydrogen-bond acceptors (Lipinski definition) is 3. The second-order valence-electron chi connectivity index (χ2n) is 5.64. The fourth-order valence-corrected chi connectivity index (χ4v) is 3.12. The lowest BCUT2D eigenvalue weighted by Crippen LogP contribution is -1.95. The summed E-state index contributed by atoms with van der Waals surface area (Å²) in [6.45, 7) is 0. The number of rotatable bonds is 4. The van der Waals surface area contributed by atoms with Crippen molar-refractivity contribution in [2.45, 2.75) is 0 Å². The van der Waals surface area contributed by atoms with E-state index >= 15 is 0 Å². The van der Waals surface area contributed by atoms with E-state index in [4.69, 9.17) is 16.3 Å². The average molecular weight is 350 g/mol. The Labute approximate surface area is 150 Å². The second kappa shape index (κ2) is 6.49. The van der Waals surface area contributed by atoms with Crippen LogP contribution in [0.2, 0.25) is 5.02 Å². The molecule has 0 atom stereocenters. The van der Waals surface area contributed by atoms with Crippen LogP contribution in [0.3, 0.4) is 0 Å². The number of nitrogens with zero attached hydrogens (tertiary/aromatic N) is 1. The first-order chi connectivity index (χ1) is 12.3. The lowest BCUT2D eigenvalue weighted by molar-refractivity contribution is 0.417. The standard InChI is InChI=1S/C20H16ClN3O/c1-25-19-10-6-5-9-17(19)22-20-15-11-14(13-7-3-2-4-8-13)16(21)12-18(15)23-24-20/h2-12H,1H3,(H2,22,23,24). The normalized spacial score (nSPS) is 10.8. The predicted octanol–water partition coefficient (Wildman–Crippen LogP) is 5.64. The van der Waals surface area contributed by atoms with Crippen molar-refractivity contribution in [3.8, 4) is 16.9 Å². The number of halogens is 1. The summed E-state index contributed by atoms with van der Waals surface area (Å²) in [6, 6.07) is 21.8. The summed E-state index contributed by atoms with van der Waals surface area (Å²) in [5.74, 6) is 1.49. The van der Waals surface area contributed by atoms with E-state index in [1.165, 1.54) is 0 Å². The minimum absolute atomic E-state index is 0.686. The van der Waals surface area contributed by atoms with E-state index in [0.717, 1.165) is 39.3 Å². The summed E-state index contributed by atoms with van der Waals surface area (Å²) in [7, 11) is 1.65. The van der Waals surface area contributed by atoms with Crippen molar-refractivity contribution < 1.29 is 4.74 Å². The molecule has 0 fully saturated rings. The first-order valence-electron chi connectivity index (χ1n) is 7.89. The van der Waals surface area contributed by atoms with Crippen LogP contribution in [0.1, 0.15) is 0 Å². The van der Waals surface area contributed by atoms with Gasteiger partial charge >= 0.3 is 0 Å². The number of nitrogens with one attached hydrogen (secondary N) is 2. The molecule has 0 spiro atoms. The third-order valence-electron chi connectivity index (χ3n) is 4.10. The van der Waals surface area contributed by atoms with Gasteiger partial charge in [0, 0.05) is 10.9 Å². The average Bonchev–Trinajstić information content (AvgIpc) is 3.04. The molecule has 0 aliphatic heterocycles. The van der Waals surface area contributed by atoms with Crippen molar-refractivity contribution in [2.24, 2.45) is 0 Å². The molecule has 4 aromatic rings. The summed E-state index contributed by atoms with van der Waals surface area (Å²) in [4.78, 5) is 0. The maximum Gasteiger partial charge on any atom is 0.160 e. The molecule has 0 unspecified atom stereocenters. The lowest BCUT2D eigenvalue weighted by atomic mass is 10.0. The second-order valence-corrected chi connectivity index (χ2v) is 6.05. The van der Waals surface area contributed by atoms with E-state index < -0.39 is 0 Å². The topological polar surface area (TPSA) is 49.9 Å². The van der Waals surface area contributed by atoms with Gasteiger partial charge in [-0.2, -0.15) is 5.10 Å². The van der Waals surface area contributed by atoms with Gasteiger partial charge < -0.3 is 10.1 Å². The number of aromatic amines is 1. The molecule has 0 bridgehead atoms. The Hall–Kier alpha value is -2.98. The number of hydrogen-bond donors (Lipinski definition) is 2. The summed E-state index contributed by atoms with van der Waals surface area (Å²) < 4.78 is 5.40. The van der Waals surface area contributed by atoms with Crippen LogP contribution in [0.5, 0.6) is 5.75 Å². The highest BCUT2D eigenvalue weighted by Crippen LogP contribution is 2.35. The zero-order valence-electron chi connectivity index (χ0n) is 13.6. The number of benzene rings is 3. The molecule has 4 nitrogen and oxygen atoms in total. The summed E-state index contributed by atoms with van der Waals surface area (Å²) in [6.07, 6.45) is 0. The number of fused-ring (bicyclic) bond motifs is 1. The van der Waals surface area contributed by atoms with Crippen LogP contribution in [0, 0.1) is 0 Å². The van der Waals surface area contributed by atoms with Gasteiger partial charge in [0.15, 0.2) is 5.82 Å². The van der Waals surface area contributed by atoms with Crippen LogP contribution in [-0.4, -0.2) is 17.3 Å². The fourth-order valence-electron chi connectivity index (χ4n) is 2.85. The molecule has 0 aliphatic carbocycles. The van der Waals surface area contributed by atoms with Crippen LogP contribution < -0.4 is 10.1 Å². The van der Waals surface area contributed by atoms with Crippen molar-refractivity contribution in [1.29, 1.82) is 0 Å². The van der Waals surface area contributed by atoms with E-state index in [0.29, 0.717) is 5.02 Å². The van der Waals surface area contributed by atoms with E-state index in [1.807, 2.05) is 66.7 Å². The number of para-hydroxylation sites is 2. The third-order valence-corrected chi connectivity index (χ3v) is 4.41. The van der Waals surface area contributed by atoms with E-state index in [2.05, 4.69) is 15.5 Å². The molecule has 4 rings (SSSR count). The summed E-state index contributed by atoms with van der Waals surface area (Å²) in [5.41, 5.74) is 3.77. The SMILES string of the molecule is COc1ccccc1Nc1n[nH]c2cc(Cl)c(-c3ccccc3)cc12. The number of methoxy groups -OCH3 is 1. The van der Waals surface area contributed by atoms with Crippen molar-refractivity contribution in [1.82, 2.24) is 10.2 Å². The molecule has 0 amide bonds. The van der Waals surface area contributed by atoms with Crippen LogP contribution in [-0.2, 0) is 0 Å². The zero-order valence-corrected chi connectivity index (χ0v) is 14.3. The molecular formula is C20H16ClN3O. The van der Waals surface area contributed by atoms with Crippen LogP contribution >= 0.6 is 11.6 Å². The summed E-state index contributed by atoms with van der Waals surface area (Å²) >= 11 is 6.47. The molecule has 124 valence electrons. The van der Waals surface area contributed by atoms with Gasteiger partial charge in [-0.15, -0.1) is 0 Å². The van der Waals surface area contributed by atoms with Gasteiger partial charge in [-0.3, -0.25) is 5.10 Å². The van der Waals surface area contributed by atoms with E-state index in [-0.39, 0.29) is 0 Å². The Balaban J connectivity index is 1.81. The summed E-state index contributed by atoms with van der Waals surface area (Å²) in [5, 5.41) is 12.4. The molecule has 0 radical (unpaired) electrons. The van der Waals surface area contributed by atoms with Gasteiger partial charge in [-0.05, 0) is 29.8 Å². The van der Waals surface area contributed by atoms with Crippen molar-refractivity contribution >= 4 is 34.0 Å². The van der Waals surface area contributed by atoms with Gasteiger partial charge in [0.2, 0.25) is 0 Å². The minimum atomic E-state index is 0.686. The minimum Gasteiger partial charge on any atom is -0.495 e. The maximum absolute atomic E-state index is 6.47. The number of H-pyrrole nitrogens is 1. The molecule has 1 heterocycles. The van der Waals surface area contributed by atoms with E-state index in [9.17, 15) is 0 Å². The van der Waals surface area contributed by atoms with Crippen molar-refractivity contribution in [3.63, 3.8) is 0 Å². The van der Waals surface area contributed by atoms with E-state index in [1.54, 1.807) is 7.11 Å². The lowest BCUT2D eigenvalue weighted by Gasteiger charge is -2.10. The van der Waals surface area contributed by atoms with Crippen LogP contribution in [0.4, 0.5) is 11.5 Å². The Morgan fingerprint density at radius 1 is 1.00 bits per heavy atom. The number of ether oxygens (including phenoxy) is 1. The van der Waals surface area contributed by atoms with Gasteiger partial charge in [-0.1, -0.05) is 54.1 Å². The molecule has 0 saturated carbocycles. The Kier molecular flexibility index (Phi) is 4.04. The molecule has 0 saturated heterocycles. The molecule has 2 N–H and O–H groups in total. The first kappa shape index (κ1) is 15.5. The Morgan fingerprint density at radius 3 is 2.56 bits per heavy atom.